The number of hydrogen-bond acceptors (Lipinski definition) is 1. The van der Waals surface area contributed by atoms with Gasteiger partial charge in [-0.1, -0.05) is 0 Å². The maximum atomic E-state index is 13.4. The average molecular weight is 327 g/mol. The molecule has 2 nitrogen and oxygen atoms in total. The molecule has 3 aromatic rings. The fourth-order valence-corrected chi connectivity index (χ4v) is 2.03. The van der Waals surface area contributed by atoms with Gasteiger partial charge in [0.1, 0.15) is 11.6 Å². The highest BCUT2D eigenvalue weighted by atomic mass is 79.9. The van der Waals surface area contributed by atoms with Crippen LogP contribution in [0.25, 0.3) is 22.4 Å². The Bertz CT molecular complexity index is 744. The lowest BCUT2D eigenvalue weighted by Gasteiger charge is -1.98. The Balaban J connectivity index is 2.17. The zero-order valence-electron chi connectivity index (χ0n) is 9.35. The third-order valence-electron chi connectivity index (χ3n) is 2.72. The van der Waals surface area contributed by atoms with Crippen LogP contribution < -0.4 is 0 Å². The number of rotatable bonds is 1. The van der Waals surface area contributed by atoms with E-state index in [9.17, 15) is 13.2 Å². The maximum Gasteiger partial charge on any atom is 0.161 e. The number of hydrogen-bond donors (Lipinski definition) is 1. The molecule has 19 heavy (non-hydrogen) atoms. The van der Waals surface area contributed by atoms with Crippen molar-refractivity contribution in [3.63, 3.8) is 0 Å². The van der Waals surface area contributed by atoms with Crippen LogP contribution in [-0.2, 0) is 0 Å². The van der Waals surface area contributed by atoms with Crippen LogP contribution in [0.15, 0.2) is 34.8 Å². The summed E-state index contributed by atoms with van der Waals surface area (Å²) in [5.41, 5.74) is 1.15. The highest BCUT2D eigenvalue weighted by molar-refractivity contribution is 9.10. The molecule has 1 heterocycles. The van der Waals surface area contributed by atoms with Crippen molar-refractivity contribution in [2.24, 2.45) is 0 Å². The van der Waals surface area contributed by atoms with E-state index >= 15 is 0 Å². The van der Waals surface area contributed by atoms with Crippen molar-refractivity contribution >= 4 is 27.0 Å². The van der Waals surface area contributed by atoms with Crippen LogP contribution in [-0.4, -0.2) is 9.97 Å². The number of imidazole rings is 1. The first-order valence-corrected chi connectivity index (χ1v) is 6.14. The lowest BCUT2D eigenvalue weighted by Crippen LogP contribution is -1.83. The van der Waals surface area contributed by atoms with Gasteiger partial charge in [-0.15, -0.1) is 0 Å². The highest BCUT2D eigenvalue weighted by Crippen LogP contribution is 2.25. The van der Waals surface area contributed by atoms with E-state index in [1.165, 1.54) is 6.07 Å². The quantitative estimate of drug-likeness (QED) is 0.705. The molecule has 0 spiro atoms. The van der Waals surface area contributed by atoms with Crippen molar-refractivity contribution in [1.29, 1.82) is 0 Å². The summed E-state index contributed by atoms with van der Waals surface area (Å²) in [4.78, 5) is 6.94. The van der Waals surface area contributed by atoms with Crippen LogP contribution >= 0.6 is 15.9 Å². The molecule has 0 radical (unpaired) electrons. The van der Waals surface area contributed by atoms with Crippen molar-refractivity contribution in [2.45, 2.75) is 0 Å². The topological polar surface area (TPSA) is 28.7 Å². The first kappa shape index (κ1) is 12.2. The molecule has 1 aromatic heterocycles. The molecular formula is C13H6BrF3N2. The van der Waals surface area contributed by atoms with Crippen LogP contribution in [0.1, 0.15) is 0 Å². The van der Waals surface area contributed by atoms with Gasteiger partial charge < -0.3 is 4.98 Å². The normalized spacial score (nSPS) is 11.2. The molecule has 3 rings (SSSR count). The number of halogens is 4. The summed E-state index contributed by atoms with van der Waals surface area (Å²) in [5.74, 6) is -2.00. The third-order valence-corrected chi connectivity index (χ3v) is 3.36. The Morgan fingerprint density at radius 2 is 1.68 bits per heavy atom. The third kappa shape index (κ3) is 2.12. The molecule has 0 aliphatic heterocycles. The monoisotopic (exact) mass is 326 g/mol. The van der Waals surface area contributed by atoms with Gasteiger partial charge in [0.2, 0.25) is 0 Å². The minimum Gasteiger partial charge on any atom is -0.338 e. The van der Waals surface area contributed by atoms with Crippen molar-refractivity contribution in [3.05, 3.63) is 52.3 Å². The number of nitrogens with one attached hydrogen (secondary N) is 1. The van der Waals surface area contributed by atoms with Crippen LogP contribution in [0.3, 0.4) is 0 Å². The Hall–Kier alpha value is -1.82. The van der Waals surface area contributed by atoms with Gasteiger partial charge in [0.05, 0.1) is 15.5 Å². The second kappa shape index (κ2) is 4.38. The molecule has 0 amide bonds. The Morgan fingerprint density at radius 1 is 0.947 bits per heavy atom. The van der Waals surface area contributed by atoms with Crippen molar-refractivity contribution < 1.29 is 13.2 Å². The summed E-state index contributed by atoms with van der Waals surface area (Å²) >= 11 is 3.05. The van der Waals surface area contributed by atoms with E-state index in [-0.39, 0.29) is 5.52 Å². The lowest BCUT2D eigenvalue weighted by atomic mass is 10.2. The molecule has 1 N–H and O–H groups in total. The standard InChI is InChI=1S/C13H6BrF3N2/c14-7-2-1-6(3-8(7)15)13-18-11-4-9(16)10(17)5-12(11)19-13/h1-5H,(H,18,19). The molecular weight excluding hydrogens is 321 g/mol. The molecule has 2 aromatic carbocycles. The van der Waals surface area contributed by atoms with Crippen LogP contribution in [0, 0.1) is 17.5 Å². The van der Waals surface area contributed by atoms with Gasteiger partial charge in [0.15, 0.2) is 11.6 Å². The Kier molecular flexibility index (Phi) is 2.82. The van der Waals surface area contributed by atoms with Gasteiger partial charge in [-0.2, -0.15) is 0 Å². The van der Waals surface area contributed by atoms with Crippen molar-refractivity contribution in [1.82, 2.24) is 9.97 Å². The summed E-state index contributed by atoms with van der Waals surface area (Å²) in [7, 11) is 0. The second-order valence-electron chi connectivity index (χ2n) is 4.00. The molecule has 0 aliphatic rings. The first-order chi connectivity index (χ1) is 9.04. The summed E-state index contributed by atoms with van der Waals surface area (Å²) in [6, 6.07) is 6.50. The summed E-state index contributed by atoms with van der Waals surface area (Å²) < 4.78 is 39.9. The van der Waals surface area contributed by atoms with E-state index in [1.807, 2.05) is 0 Å². The molecule has 96 valence electrons. The number of H-pyrrole nitrogens is 1. The second-order valence-corrected chi connectivity index (χ2v) is 4.85. The Labute approximate surface area is 114 Å². The summed E-state index contributed by atoms with van der Waals surface area (Å²) in [6.45, 7) is 0. The number of fused-ring (bicyclic) bond motifs is 1. The van der Waals surface area contributed by atoms with Gasteiger partial charge in [-0.05, 0) is 34.1 Å². The fourth-order valence-electron chi connectivity index (χ4n) is 1.79. The summed E-state index contributed by atoms with van der Waals surface area (Å²) in [5, 5.41) is 0. The lowest BCUT2D eigenvalue weighted by molar-refractivity contribution is 0.510. The van der Waals surface area contributed by atoms with Crippen LogP contribution in [0.4, 0.5) is 13.2 Å². The molecule has 0 atom stereocenters. The zero-order chi connectivity index (χ0) is 13.6. The minimum absolute atomic E-state index is 0.289. The SMILES string of the molecule is Fc1cc2nc(-c3ccc(Br)c(F)c3)[nH]c2cc1F. The van der Waals surface area contributed by atoms with E-state index in [0.717, 1.165) is 12.1 Å². The van der Waals surface area contributed by atoms with E-state index in [4.69, 9.17) is 0 Å². The predicted molar refractivity (Wildman–Crippen MR) is 69.1 cm³/mol. The van der Waals surface area contributed by atoms with E-state index < -0.39 is 17.5 Å². The van der Waals surface area contributed by atoms with Gasteiger partial charge in [-0.3, -0.25) is 0 Å². The molecule has 6 heteroatoms. The largest absolute Gasteiger partial charge is 0.338 e. The smallest absolute Gasteiger partial charge is 0.161 e. The number of aromatic amines is 1. The number of aromatic nitrogens is 2. The van der Waals surface area contributed by atoms with Crippen molar-refractivity contribution in [2.75, 3.05) is 0 Å². The zero-order valence-corrected chi connectivity index (χ0v) is 10.9. The van der Waals surface area contributed by atoms with Crippen molar-refractivity contribution in [3.8, 4) is 11.4 Å². The molecule has 0 saturated carbocycles. The summed E-state index contributed by atoms with van der Waals surface area (Å²) in [6.07, 6.45) is 0. The molecule has 0 aliphatic carbocycles. The van der Waals surface area contributed by atoms with Gasteiger partial charge in [0, 0.05) is 17.7 Å². The number of benzene rings is 2. The average Bonchev–Trinajstić information content (AvgIpc) is 2.76. The van der Waals surface area contributed by atoms with E-state index in [0.29, 0.717) is 21.4 Å². The predicted octanol–water partition coefficient (Wildman–Crippen LogP) is 4.41. The van der Waals surface area contributed by atoms with Crippen LogP contribution in [0.2, 0.25) is 0 Å². The van der Waals surface area contributed by atoms with Crippen LogP contribution in [0.5, 0.6) is 0 Å². The van der Waals surface area contributed by atoms with E-state index in [1.54, 1.807) is 12.1 Å². The Morgan fingerprint density at radius 3 is 2.42 bits per heavy atom. The molecule has 0 fully saturated rings. The highest BCUT2D eigenvalue weighted by Gasteiger charge is 2.11. The molecule has 0 bridgehead atoms. The fraction of sp³-hybridized carbons (Fsp3) is 0. The minimum atomic E-state index is -0.965. The maximum absolute atomic E-state index is 13.4. The van der Waals surface area contributed by atoms with E-state index in [2.05, 4.69) is 25.9 Å². The molecule has 0 unspecified atom stereocenters. The first-order valence-electron chi connectivity index (χ1n) is 5.35. The van der Waals surface area contributed by atoms with Gasteiger partial charge in [0.25, 0.3) is 0 Å². The van der Waals surface area contributed by atoms with Gasteiger partial charge >= 0.3 is 0 Å². The number of nitrogens with zero attached hydrogens (tertiary/aromatic N) is 1. The van der Waals surface area contributed by atoms with Gasteiger partial charge in [-0.25, -0.2) is 18.2 Å². The molecule has 0 saturated heterocycles.